The molecule has 0 atom stereocenters. The summed E-state index contributed by atoms with van der Waals surface area (Å²) in [4.78, 5) is 4.52. The van der Waals surface area contributed by atoms with Gasteiger partial charge in [-0.15, -0.1) is 15.3 Å². The summed E-state index contributed by atoms with van der Waals surface area (Å²) in [6.45, 7) is 3.59. The molecular weight excluding hydrogens is 336 g/mol. The highest BCUT2D eigenvalue weighted by molar-refractivity contribution is 7.18. The van der Waals surface area contributed by atoms with E-state index in [0.29, 0.717) is 0 Å². The minimum atomic E-state index is 0.841. The predicted octanol–water partition coefficient (Wildman–Crippen LogP) is 2.33. The van der Waals surface area contributed by atoms with E-state index in [9.17, 15) is 0 Å². The summed E-state index contributed by atoms with van der Waals surface area (Å²) >= 11 is 1.62. The lowest BCUT2D eigenvalue weighted by Crippen LogP contribution is -2.46. The van der Waals surface area contributed by atoms with Gasteiger partial charge in [0, 0.05) is 37.9 Å². The molecule has 7 nitrogen and oxygen atoms in total. The summed E-state index contributed by atoms with van der Waals surface area (Å²) in [5.41, 5.74) is 1.06. The van der Waals surface area contributed by atoms with Crippen LogP contribution in [0.2, 0.25) is 0 Å². The van der Waals surface area contributed by atoms with Crippen molar-refractivity contribution in [2.75, 3.05) is 43.1 Å². The Labute approximate surface area is 149 Å². The highest BCUT2D eigenvalue weighted by atomic mass is 32.1. The molecule has 1 aliphatic rings. The number of anilines is 2. The Morgan fingerprint density at radius 1 is 0.920 bits per heavy atom. The Balaban J connectivity index is 1.43. The molecule has 3 heterocycles. The average Bonchev–Trinajstić information content (AvgIpc) is 3.19. The van der Waals surface area contributed by atoms with Crippen LogP contribution in [0.1, 0.15) is 0 Å². The first-order valence-electron chi connectivity index (χ1n) is 8.09. The molecule has 4 rings (SSSR count). The van der Waals surface area contributed by atoms with Gasteiger partial charge < -0.3 is 14.5 Å². The van der Waals surface area contributed by atoms with Crippen LogP contribution in [-0.4, -0.2) is 53.7 Å². The molecule has 0 aliphatic carbocycles. The standard InChI is InChI=1S/C17H18N6OS/c1-24-14-6-4-13(5-7-14)16-20-21-17(25-16)23-11-9-22(10-12-23)15-3-2-8-18-19-15/h2-8H,9-12H2,1H3. The number of benzene rings is 1. The molecule has 8 heteroatoms. The molecule has 1 fully saturated rings. The fourth-order valence-electron chi connectivity index (χ4n) is 2.78. The molecule has 1 aromatic carbocycles. The number of aromatic nitrogens is 4. The quantitative estimate of drug-likeness (QED) is 0.712. The second-order valence-electron chi connectivity index (χ2n) is 5.67. The van der Waals surface area contributed by atoms with Gasteiger partial charge >= 0.3 is 0 Å². The highest BCUT2D eigenvalue weighted by Crippen LogP contribution is 2.30. The Kier molecular flexibility index (Phi) is 4.43. The third-order valence-corrected chi connectivity index (χ3v) is 5.22. The normalized spacial score (nSPS) is 14.6. The van der Waals surface area contributed by atoms with E-state index in [1.54, 1.807) is 24.6 Å². The third-order valence-electron chi connectivity index (χ3n) is 4.18. The molecule has 2 aromatic heterocycles. The summed E-state index contributed by atoms with van der Waals surface area (Å²) in [6, 6.07) is 11.8. The monoisotopic (exact) mass is 354 g/mol. The summed E-state index contributed by atoms with van der Waals surface area (Å²) in [6.07, 6.45) is 1.70. The van der Waals surface area contributed by atoms with Gasteiger partial charge in [0.1, 0.15) is 10.8 Å². The Morgan fingerprint density at radius 3 is 2.36 bits per heavy atom. The van der Waals surface area contributed by atoms with Crippen molar-refractivity contribution >= 4 is 22.3 Å². The molecule has 3 aromatic rings. The van der Waals surface area contributed by atoms with Gasteiger partial charge in [0.25, 0.3) is 0 Å². The van der Waals surface area contributed by atoms with Crippen LogP contribution in [0.5, 0.6) is 5.75 Å². The summed E-state index contributed by atoms with van der Waals surface area (Å²) in [5, 5.41) is 18.7. The third kappa shape index (κ3) is 3.39. The zero-order valence-electron chi connectivity index (χ0n) is 13.9. The second-order valence-corrected chi connectivity index (χ2v) is 6.63. The number of rotatable bonds is 4. The van der Waals surface area contributed by atoms with Crippen molar-refractivity contribution in [3.05, 3.63) is 42.6 Å². The van der Waals surface area contributed by atoms with Crippen molar-refractivity contribution in [2.45, 2.75) is 0 Å². The fourth-order valence-corrected chi connectivity index (χ4v) is 3.68. The number of methoxy groups -OCH3 is 1. The van der Waals surface area contributed by atoms with Crippen LogP contribution >= 0.6 is 11.3 Å². The van der Waals surface area contributed by atoms with Gasteiger partial charge in [0.15, 0.2) is 5.82 Å². The molecule has 128 valence electrons. The zero-order valence-corrected chi connectivity index (χ0v) is 14.7. The van der Waals surface area contributed by atoms with Gasteiger partial charge in [0.05, 0.1) is 7.11 Å². The van der Waals surface area contributed by atoms with Gasteiger partial charge in [-0.05, 0) is 36.4 Å². The van der Waals surface area contributed by atoms with E-state index in [-0.39, 0.29) is 0 Å². The van der Waals surface area contributed by atoms with Crippen LogP contribution < -0.4 is 14.5 Å². The topological polar surface area (TPSA) is 67.3 Å². The average molecular weight is 354 g/mol. The largest absolute Gasteiger partial charge is 0.497 e. The van der Waals surface area contributed by atoms with Crippen LogP contribution in [0, 0.1) is 0 Å². The van der Waals surface area contributed by atoms with Gasteiger partial charge in [-0.1, -0.05) is 11.3 Å². The van der Waals surface area contributed by atoms with E-state index in [2.05, 4.69) is 30.2 Å². The first kappa shape index (κ1) is 15.8. The Bertz CT molecular complexity index is 815. The van der Waals surface area contributed by atoms with Crippen molar-refractivity contribution in [1.29, 1.82) is 0 Å². The minimum absolute atomic E-state index is 0.841. The number of nitrogens with zero attached hydrogens (tertiary/aromatic N) is 6. The molecular formula is C17H18N6OS. The number of piperazine rings is 1. The molecule has 0 radical (unpaired) electrons. The molecule has 0 bridgehead atoms. The van der Waals surface area contributed by atoms with Gasteiger partial charge in [-0.25, -0.2) is 0 Å². The molecule has 1 saturated heterocycles. The molecule has 0 N–H and O–H groups in total. The van der Waals surface area contributed by atoms with Gasteiger partial charge in [-0.2, -0.15) is 5.10 Å². The zero-order chi connectivity index (χ0) is 17.1. The molecule has 0 amide bonds. The molecule has 25 heavy (non-hydrogen) atoms. The Morgan fingerprint density at radius 2 is 1.68 bits per heavy atom. The lowest BCUT2D eigenvalue weighted by molar-refractivity contribution is 0.415. The molecule has 1 aliphatic heterocycles. The molecule has 0 unspecified atom stereocenters. The SMILES string of the molecule is COc1ccc(-c2nnc(N3CCN(c4cccnn4)CC3)s2)cc1. The van der Waals surface area contributed by atoms with Crippen molar-refractivity contribution in [1.82, 2.24) is 20.4 Å². The summed E-state index contributed by atoms with van der Waals surface area (Å²) < 4.78 is 5.20. The first-order chi connectivity index (χ1) is 12.3. The van der Waals surface area contributed by atoms with E-state index < -0.39 is 0 Å². The van der Waals surface area contributed by atoms with Crippen molar-refractivity contribution in [2.24, 2.45) is 0 Å². The fraction of sp³-hybridized carbons (Fsp3) is 0.294. The lowest BCUT2D eigenvalue weighted by Gasteiger charge is -2.34. The number of hydrogen-bond acceptors (Lipinski definition) is 8. The second kappa shape index (κ2) is 7.02. The molecule has 0 saturated carbocycles. The maximum Gasteiger partial charge on any atom is 0.208 e. The van der Waals surface area contributed by atoms with Crippen LogP contribution in [-0.2, 0) is 0 Å². The van der Waals surface area contributed by atoms with Gasteiger partial charge in [-0.3, -0.25) is 0 Å². The van der Waals surface area contributed by atoms with Crippen molar-refractivity contribution in [3.63, 3.8) is 0 Å². The lowest BCUT2D eigenvalue weighted by atomic mass is 10.2. The van der Waals surface area contributed by atoms with E-state index in [0.717, 1.165) is 53.4 Å². The van der Waals surface area contributed by atoms with Crippen LogP contribution in [0.4, 0.5) is 10.9 Å². The van der Waals surface area contributed by atoms with E-state index in [1.807, 2.05) is 36.4 Å². The first-order valence-corrected chi connectivity index (χ1v) is 8.90. The van der Waals surface area contributed by atoms with Crippen LogP contribution in [0.3, 0.4) is 0 Å². The van der Waals surface area contributed by atoms with Crippen molar-refractivity contribution < 1.29 is 4.74 Å². The van der Waals surface area contributed by atoms with E-state index in [1.165, 1.54) is 0 Å². The highest BCUT2D eigenvalue weighted by Gasteiger charge is 2.21. The number of hydrogen-bond donors (Lipinski definition) is 0. The minimum Gasteiger partial charge on any atom is -0.497 e. The summed E-state index contributed by atoms with van der Waals surface area (Å²) in [5.74, 6) is 1.77. The van der Waals surface area contributed by atoms with Crippen molar-refractivity contribution in [3.8, 4) is 16.3 Å². The maximum atomic E-state index is 5.20. The van der Waals surface area contributed by atoms with E-state index in [4.69, 9.17) is 4.74 Å². The van der Waals surface area contributed by atoms with Crippen LogP contribution in [0.15, 0.2) is 42.6 Å². The van der Waals surface area contributed by atoms with E-state index >= 15 is 0 Å². The summed E-state index contributed by atoms with van der Waals surface area (Å²) in [7, 11) is 1.67. The smallest absolute Gasteiger partial charge is 0.208 e. The Hall–Kier alpha value is -2.74. The molecule has 0 spiro atoms. The maximum absolute atomic E-state index is 5.20. The van der Waals surface area contributed by atoms with Gasteiger partial charge in [0.2, 0.25) is 5.13 Å². The number of ether oxygens (including phenoxy) is 1. The van der Waals surface area contributed by atoms with Crippen LogP contribution in [0.25, 0.3) is 10.6 Å². The predicted molar refractivity (Wildman–Crippen MR) is 98.4 cm³/mol.